The van der Waals surface area contributed by atoms with Gasteiger partial charge in [0, 0.05) is 16.1 Å². The van der Waals surface area contributed by atoms with Crippen LogP contribution in [0.4, 0.5) is 5.69 Å². The Labute approximate surface area is 180 Å². The van der Waals surface area contributed by atoms with E-state index in [1.807, 2.05) is 19.1 Å². The van der Waals surface area contributed by atoms with Gasteiger partial charge >= 0.3 is 0 Å². The lowest BCUT2D eigenvalue weighted by Crippen LogP contribution is -2.21. The first-order chi connectivity index (χ1) is 14.4. The molecule has 0 aliphatic heterocycles. The second-order valence-corrected chi connectivity index (χ2v) is 9.44. The van der Waals surface area contributed by atoms with E-state index >= 15 is 0 Å². The summed E-state index contributed by atoms with van der Waals surface area (Å²) in [4.78, 5) is 12.4. The summed E-state index contributed by atoms with van der Waals surface area (Å²) in [5.41, 5.74) is 3.93. The number of hydrogen-bond donors (Lipinski definition) is 2. The third kappa shape index (κ3) is 4.00. The van der Waals surface area contributed by atoms with E-state index in [-0.39, 0.29) is 10.5 Å². The van der Waals surface area contributed by atoms with Gasteiger partial charge in [0.15, 0.2) is 0 Å². The van der Waals surface area contributed by atoms with Crippen molar-refractivity contribution in [1.29, 1.82) is 0 Å². The minimum Gasteiger partial charge on any atom is -0.280 e. The highest BCUT2D eigenvalue weighted by molar-refractivity contribution is 7.92. The van der Waals surface area contributed by atoms with Gasteiger partial charge in [-0.3, -0.25) is 9.52 Å². The molecule has 2 N–H and O–H groups in total. The summed E-state index contributed by atoms with van der Waals surface area (Å²) in [6, 6.07) is 11.9. The second kappa shape index (κ2) is 8.24. The van der Waals surface area contributed by atoms with E-state index in [9.17, 15) is 13.2 Å². The van der Waals surface area contributed by atoms with Crippen LogP contribution >= 0.6 is 11.6 Å². The quantitative estimate of drug-likeness (QED) is 0.613. The van der Waals surface area contributed by atoms with Crippen molar-refractivity contribution in [1.82, 2.24) is 10.2 Å². The Morgan fingerprint density at radius 2 is 1.87 bits per heavy atom. The number of benzene rings is 2. The van der Waals surface area contributed by atoms with Crippen molar-refractivity contribution in [2.45, 2.75) is 43.9 Å². The number of hydrogen-bond acceptors (Lipinski definition) is 4. The van der Waals surface area contributed by atoms with Crippen LogP contribution in [0.15, 0.2) is 52.2 Å². The van der Waals surface area contributed by atoms with E-state index in [1.165, 1.54) is 0 Å². The molecule has 4 rings (SSSR count). The molecule has 0 saturated carbocycles. The molecule has 0 radical (unpaired) electrons. The lowest BCUT2D eigenvalue weighted by Gasteiger charge is -2.18. The summed E-state index contributed by atoms with van der Waals surface area (Å²) in [5, 5.41) is 7.29. The summed E-state index contributed by atoms with van der Waals surface area (Å²) < 4.78 is 29.0. The van der Waals surface area contributed by atoms with E-state index in [0.717, 1.165) is 30.4 Å². The second-order valence-electron chi connectivity index (χ2n) is 7.36. The van der Waals surface area contributed by atoms with Crippen molar-refractivity contribution in [2.75, 3.05) is 4.72 Å². The summed E-state index contributed by atoms with van der Waals surface area (Å²) in [7, 11) is -3.84. The molecule has 8 heteroatoms. The van der Waals surface area contributed by atoms with Gasteiger partial charge in [-0.1, -0.05) is 36.7 Å². The molecule has 0 atom stereocenters. The van der Waals surface area contributed by atoms with Gasteiger partial charge in [-0.2, -0.15) is 5.10 Å². The zero-order valence-corrected chi connectivity index (χ0v) is 18.1. The van der Waals surface area contributed by atoms with E-state index < -0.39 is 10.0 Å². The molecule has 1 aliphatic rings. The summed E-state index contributed by atoms with van der Waals surface area (Å²) in [6.07, 6.45) is 4.00. The molecule has 0 spiro atoms. The Hall–Kier alpha value is -2.64. The van der Waals surface area contributed by atoms with E-state index in [2.05, 4.69) is 14.9 Å². The van der Waals surface area contributed by atoms with E-state index in [0.29, 0.717) is 40.4 Å². The first kappa shape index (κ1) is 20.6. The largest absolute Gasteiger partial charge is 0.280 e. The first-order valence-electron chi connectivity index (χ1n) is 9.91. The van der Waals surface area contributed by atoms with Gasteiger partial charge in [0.25, 0.3) is 15.6 Å². The van der Waals surface area contributed by atoms with Crippen molar-refractivity contribution in [2.24, 2.45) is 0 Å². The maximum atomic E-state index is 13.2. The lowest BCUT2D eigenvalue weighted by atomic mass is 9.89. The molecular weight excluding hydrogens is 422 g/mol. The zero-order valence-electron chi connectivity index (χ0n) is 16.5. The molecule has 0 unspecified atom stereocenters. The summed E-state index contributed by atoms with van der Waals surface area (Å²) >= 11 is 5.99. The van der Waals surface area contributed by atoms with Crippen LogP contribution in [0.5, 0.6) is 0 Å². The predicted molar refractivity (Wildman–Crippen MR) is 119 cm³/mol. The number of H-pyrrole nitrogens is 1. The number of sulfonamides is 1. The highest BCUT2D eigenvalue weighted by atomic mass is 35.5. The number of fused-ring (bicyclic) bond motifs is 1. The fraction of sp³-hybridized carbons (Fsp3) is 0.273. The van der Waals surface area contributed by atoms with Gasteiger partial charge in [0.05, 0.1) is 16.3 Å². The van der Waals surface area contributed by atoms with Gasteiger partial charge < -0.3 is 0 Å². The molecule has 30 heavy (non-hydrogen) atoms. The minimum absolute atomic E-state index is 0.158. The average Bonchev–Trinajstić information content (AvgIpc) is 2.73. The van der Waals surface area contributed by atoms with Gasteiger partial charge in [-0.25, -0.2) is 13.5 Å². The SMILES string of the molecule is CCc1ccc(-c2n[nH]c(=O)c3c2CCCC3)cc1S(=O)(=O)Nc1cccc(Cl)c1. The normalized spacial score (nSPS) is 13.7. The topological polar surface area (TPSA) is 91.9 Å². The van der Waals surface area contributed by atoms with Crippen LogP contribution in [0.2, 0.25) is 5.02 Å². The Morgan fingerprint density at radius 1 is 1.10 bits per heavy atom. The highest BCUT2D eigenvalue weighted by Gasteiger charge is 2.23. The van der Waals surface area contributed by atoms with Crippen LogP contribution in [0.3, 0.4) is 0 Å². The number of nitrogens with one attached hydrogen (secondary N) is 2. The maximum absolute atomic E-state index is 13.2. The van der Waals surface area contributed by atoms with Crippen molar-refractivity contribution < 1.29 is 8.42 Å². The van der Waals surface area contributed by atoms with E-state index in [1.54, 1.807) is 30.3 Å². The standard InChI is InChI=1S/C22H22ClN3O3S/c1-2-14-10-11-15(21-18-8-3-4-9-19(18)22(27)25-24-21)12-20(14)30(28,29)26-17-7-5-6-16(23)13-17/h5-7,10-13,26H,2-4,8-9H2,1H3,(H,25,27). The Bertz CT molecular complexity index is 1270. The molecular formula is C22H22ClN3O3S. The fourth-order valence-electron chi connectivity index (χ4n) is 3.90. The maximum Gasteiger partial charge on any atom is 0.267 e. The number of anilines is 1. The third-order valence-corrected chi connectivity index (χ3v) is 7.08. The fourth-order valence-corrected chi connectivity index (χ4v) is 5.48. The van der Waals surface area contributed by atoms with Crippen LogP contribution in [-0.2, 0) is 29.3 Å². The molecule has 2 aromatic carbocycles. The molecule has 1 aromatic heterocycles. The lowest BCUT2D eigenvalue weighted by molar-refractivity contribution is 0.600. The van der Waals surface area contributed by atoms with Crippen molar-refractivity contribution in [3.63, 3.8) is 0 Å². The summed E-state index contributed by atoms with van der Waals surface area (Å²) in [6.45, 7) is 1.91. The van der Waals surface area contributed by atoms with Gasteiger partial charge in [0.1, 0.15) is 0 Å². The van der Waals surface area contributed by atoms with Crippen LogP contribution in [-0.4, -0.2) is 18.6 Å². The zero-order chi connectivity index (χ0) is 21.3. The Kier molecular flexibility index (Phi) is 5.66. The number of aromatic nitrogens is 2. The molecule has 3 aromatic rings. The van der Waals surface area contributed by atoms with Gasteiger partial charge in [0.2, 0.25) is 0 Å². The number of nitrogens with zero attached hydrogens (tertiary/aromatic N) is 1. The molecule has 0 bridgehead atoms. The summed E-state index contributed by atoms with van der Waals surface area (Å²) in [5.74, 6) is 0. The minimum atomic E-state index is -3.84. The number of aryl methyl sites for hydroxylation is 1. The van der Waals surface area contributed by atoms with E-state index in [4.69, 9.17) is 11.6 Å². The Morgan fingerprint density at radius 3 is 2.60 bits per heavy atom. The third-order valence-electron chi connectivity index (χ3n) is 5.38. The van der Waals surface area contributed by atoms with Crippen LogP contribution in [0.1, 0.15) is 36.5 Å². The van der Waals surface area contributed by atoms with Crippen LogP contribution in [0.25, 0.3) is 11.3 Å². The molecule has 1 aliphatic carbocycles. The molecule has 156 valence electrons. The number of rotatable bonds is 5. The van der Waals surface area contributed by atoms with Crippen LogP contribution < -0.4 is 10.3 Å². The smallest absolute Gasteiger partial charge is 0.267 e. The molecule has 1 heterocycles. The molecule has 0 amide bonds. The highest BCUT2D eigenvalue weighted by Crippen LogP contribution is 2.31. The monoisotopic (exact) mass is 443 g/mol. The van der Waals surface area contributed by atoms with Gasteiger partial charge in [-0.15, -0.1) is 0 Å². The molecule has 0 saturated heterocycles. The number of aromatic amines is 1. The number of halogens is 1. The Balaban J connectivity index is 1.81. The van der Waals surface area contributed by atoms with Crippen molar-refractivity contribution >= 4 is 27.3 Å². The molecule has 0 fully saturated rings. The van der Waals surface area contributed by atoms with Crippen molar-refractivity contribution in [3.8, 4) is 11.3 Å². The predicted octanol–water partition coefficient (Wildman–Crippen LogP) is 4.33. The van der Waals surface area contributed by atoms with Gasteiger partial charge in [-0.05, 0) is 67.5 Å². The molecule has 6 nitrogen and oxygen atoms in total. The van der Waals surface area contributed by atoms with Crippen LogP contribution in [0, 0.1) is 0 Å². The van der Waals surface area contributed by atoms with Crippen molar-refractivity contribution in [3.05, 3.63) is 74.5 Å². The first-order valence-corrected chi connectivity index (χ1v) is 11.8. The average molecular weight is 444 g/mol.